The van der Waals surface area contributed by atoms with Crippen LogP contribution < -0.4 is 41.7 Å². The summed E-state index contributed by atoms with van der Waals surface area (Å²) in [6.07, 6.45) is 0. The molecule has 11 heteroatoms. The third kappa shape index (κ3) is 9.41. The first-order chi connectivity index (χ1) is 20.9. The second-order valence-corrected chi connectivity index (χ2v) is 10.6. The van der Waals surface area contributed by atoms with Crippen LogP contribution in [0.1, 0.15) is 0 Å². The maximum atomic E-state index is 5.06. The van der Waals surface area contributed by atoms with Crippen molar-refractivity contribution in [1.82, 2.24) is 46.9 Å². The maximum Gasteiger partial charge on any atom is 0.129 e. The van der Waals surface area contributed by atoms with Gasteiger partial charge in [0.15, 0.2) is 0 Å². The van der Waals surface area contributed by atoms with Crippen molar-refractivity contribution in [2.24, 2.45) is 0 Å². The monoisotopic (exact) mass is 573 g/mol. The fourth-order valence-corrected chi connectivity index (χ4v) is 5.20. The molecule has 6 N–H and O–H groups in total. The van der Waals surface area contributed by atoms with E-state index in [1.165, 1.54) is 0 Å². The normalized spacial score (nSPS) is 19.1. The maximum absolute atomic E-state index is 5.06. The molecule has 0 radical (unpaired) electrons. The lowest BCUT2D eigenvalue weighted by Crippen LogP contribution is -2.42. The van der Waals surface area contributed by atoms with E-state index in [1.807, 2.05) is 24.3 Å². The molecule has 0 unspecified atom stereocenters. The first-order valence-electron chi connectivity index (χ1n) is 15.5. The van der Waals surface area contributed by atoms with E-state index in [0.29, 0.717) is 0 Å². The van der Waals surface area contributed by atoms with Crippen molar-refractivity contribution in [2.75, 3.05) is 115 Å². The van der Waals surface area contributed by atoms with Gasteiger partial charge in [-0.3, -0.25) is 0 Å². The molecule has 0 saturated carbocycles. The number of nitrogens with zero attached hydrogens (tertiary/aromatic N) is 5. The van der Waals surface area contributed by atoms with E-state index in [1.54, 1.807) is 0 Å². The Hall–Kier alpha value is -3.19. The zero-order chi connectivity index (χ0) is 28.7. The highest BCUT2D eigenvalue weighted by atomic mass is 15.2. The summed E-state index contributed by atoms with van der Waals surface area (Å²) in [4.78, 5) is 19.9. The predicted molar refractivity (Wildman–Crippen MR) is 172 cm³/mol. The van der Waals surface area contributed by atoms with Crippen molar-refractivity contribution >= 4 is 11.6 Å². The van der Waals surface area contributed by atoms with Gasteiger partial charge in [0.2, 0.25) is 0 Å². The number of hydrogen-bond acceptors (Lipinski definition) is 11. The van der Waals surface area contributed by atoms with Gasteiger partial charge in [-0.05, 0) is 36.4 Å². The van der Waals surface area contributed by atoms with Crippen LogP contribution in [0.25, 0.3) is 22.8 Å². The van der Waals surface area contributed by atoms with Crippen molar-refractivity contribution in [2.45, 2.75) is 0 Å². The van der Waals surface area contributed by atoms with Gasteiger partial charge in [-0.25, -0.2) is 15.0 Å². The third-order valence-electron chi connectivity index (χ3n) is 7.54. The summed E-state index contributed by atoms with van der Waals surface area (Å²) >= 11 is 0. The second kappa shape index (κ2) is 17.1. The van der Waals surface area contributed by atoms with E-state index in [4.69, 9.17) is 15.0 Å². The topological polar surface area (TPSA) is 117 Å². The summed E-state index contributed by atoms with van der Waals surface area (Å²) in [7, 11) is 0. The summed E-state index contributed by atoms with van der Waals surface area (Å²) in [6.45, 7) is 15.1. The van der Waals surface area contributed by atoms with Crippen molar-refractivity contribution in [3.8, 4) is 22.8 Å². The Morgan fingerprint density at radius 1 is 0.357 bits per heavy atom. The zero-order valence-electron chi connectivity index (χ0n) is 24.7. The van der Waals surface area contributed by atoms with E-state index < -0.39 is 0 Å². The molecule has 2 aliphatic heterocycles. The molecule has 0 atom stereocenters. The van der Waals surface area contributed by atoms with E-state index in [0.717, 1.165) is 139 Å². The highest BCUT2D eigenvalue weighted by Crippen LogP contribution is 2.24. The third-order valence-corrected chi connectivity index (χ3v) is 7.54. The quantitative estimate of drug-likeness (QED) is 0.260. The number of hydrogen-bond donors (Lipinski definition) is 6. The number of pyridine rings is 3. The first kappa shape index (κ1) is 30.3. The predicted octanol–water partition coefficient (Wildman–Crippen LogP) is 0.383. The molecule has 226 valence electrons. The lowest BCUT2D eigenvalue weighted by Gasteiger charge is -2.25. The Morgan fingerprint density at radius 2 is 0.643 bits per heavy atom. The minimum atomic E-state index is 0.853. The molecule has 5 rings (SSSR count). The van der Waals surface area contributed by atoms with Gasteiger partial charge in [0, 0.05) is 105 Å². The Morgan fingerprint density at radius 3 is 1.00 bits per heavy atom. The lowest BCUT2D eigenvalue weighted by molar-refractivity contribution is 0.556. The largest absolute Gasteiger partial charge is 0.354 e. The summed E-state index contributed by atoms with van der Waals surface area (Å²) < 4.78 is 0. The smallest absolute Gasteiger partial charge is 0.129 e. The number of aromatic nitrogens is 3. The van der Waals surface area contributed by atoms with Gasteiger partial charge in [0.1, 0.15) is 11.6 Å². The average Bonchev–Trinajstić information content (AvgIpc) is 3.02. The van der Waals surface area contributed by atoms with Crippen molar-refractivity contribution in [3.63, 3.8) is 0 Å². The molecule has 0 aromatic carbocycles. The SMILES string of the molecule is c1cc(-c2cccc(N3CCNCCNCCNCC3)n2)nc(-c2cccc(N3CCNCCNCCNCC3)n2)c1. The van der Waals surface area contributed by atoms with Crippen molar-refractivity contribution < 1.29 is 0 Å². The molecule has 2 fully saturated rings. The minimum absolute atomic E-state index is 0.853. The second-order valence-electron chi connectivity index (χ2n) is 10.6. The van der Waals surface area contributed by atoms with Crippen LogP contribution in [0.5, 0.6) is 0 Å². The molecular formula is C31H47N11. The molecule has 2 saturated heterocycles. The Labute approximate surface area is 250 Å². The lowest BCUT2D eigenvalue weighted by atomic mass is 10.2. The zero-order valence-corrected chi connectivity index (χ0v) is 24.7. The van der Waals surface area contributed by atoms with Gasteiger partial charge in [0.05, 0.1) is 22.8 Å². The minimum Gasteiger partial charge on any atom is -0.354 e. The highest BCUT2D eigenvalue weighted by Gasteiger charge is 2.13. The summed E-state index contributed by atoms with van der Waals surface area (Å²) in [6, 6.07) is 18.6. The fraction of sp³-hybridized carbons (Fsp3) is 0.516. The van der Waals surface area contributed by atoms with Gasteiger partial charge < -0.3 is 41.7 Å². The molecule has 11 nitrogen and oxygen atoms in total. The van der Waals surface area contributed by atoms with Gasteiger partial charge in [-0.15, -0.1) is 0 Å². The number of rotatable bonds is 4. The molecule has 0 bridgehead atoms. The first-order valence-corrected chi connectivity index (χ1v) is 15.5. The van der Waals surface area contributed by atoms with Gasteiger partial charge in [-0.1, -0.05) is 18.2 Å². The highest BCUT2D eigenvalue weighted by molar-refractivity contribution is 5.64. The molecule has 5 heterocycles. The van der Waals surface area contributed by atoms with Crippen LogP contribution in [-0.4, -0.2) is 120 Å². The summed E-state index contributed by atoms with van der Waals surface area (Å²) in [5.41, 5.74) is 3.45. The Kier molecular flexibility index (Phi) is 12.3. The molecular weight excluding hydrogens is 526 g/mol. The average molecular weight is 574 g/mol. The van der Waals surface area contributed by atoms with Crippen LogP contribution >= 0.6 is 0 Å². The van der Waals surface area contributed by atoms with Crippen molar-refractivity contribution in [1.29, 1.82) is 0 Å². The van der Waals surface area contributed by atoms with Crippen LogP contribution in [0.4, 0.5) is 11.6 Å². The van der Waals surface area contributed by atoms with Crippen LogP contribution in [-0.2, 0) is 0 Å². The van der Waals surface area contributed by atoms with Gasteiger partial charge in [-0.2, -0.15) is 0 Å². The van der Waals surface area contributed by atoms with Gasteiger partial charge in [0.25, 0.3) is 0 Å². The molecule has 42 heavy (non-hydrogen) atoms. The molecule has 3 aromatic rings. The Balaban J connectivity index is 1.31. The van der Waals surface area contributed by atoms with Crippen LogP contribution in [0.2, 0.25) is 0 Å². The van der Waals surface area contributed by atoms with Crippen molar-refractivity contribution in [3.05, 3.63) is 54.6 Å². The molecule has 0 spiro atoms. The number of nitrogens with one attached hydrogen (secondary N) is 6. The summed E-state index contributed by atoms with van der Waals surface area (Å²) in [5, 5.41) is 21.0. The van der Waals surface area contributed by atoms with Crippen LogP contribution in [0.15, 0.2) is 54.6 Å². The Bertz CT molecular complexity index is 1090. The molecule has 2 aliphatic rings. The molecule has 0 aliphatic carbocycles. The van der Waals surface area contributed by atoms with E-state index >= 15 is 0 Å². The van der Waals surface area contributed by atoms with E-state index in [2.05, 4.69) is 72.0 Å². The standard InChI is InChI=1S/C31H47N11/c1-4-26(28-6-2-8-30(39-28)41-22-18-34-14-10-32-11-15-35-19-23-41)38-27(5-1)29-7-3-9-31(40-29)42-24-20-36-16-12-33-13-17-37-21-25-42/h1-9,32-37H,10-25H2. The van der Waals surface area contributed by atoms with Crippen LogP contribution in [0.3, 0.4) is 0 Å². The van der Waals surface area contributed by atoms with Gasteiger partial charge >= 0.3 is 0 Å². The van der Waals surface area contributed by atoms with E-state index in [-0.39, 0.29) is 0 Å². The van der Waals surface area contributed by atoms with Crippen LogP contribution in [0, 0.1) is 0 Å². The fourth-order valence-electron chi connectivity index (χ4n) is 5.20. The summed E-state index contributed by atoms with van der Waals surface area (Å²) in [5.74, 6) is 1.96. The number of anilines is 2. The molecule has 3 aromatic heterocycles. The van der Waals surface area contributed by atoms with E-state index in [9.17, 15) is 0 Å². The molecule has 0 amide bonds.